The molecule has 0 radical (unpaired) electrons. The predicted molar refractivity (Wildman–Crippen MR) is 23.5 cm³/mol. The van der Waals surface area contributed by atoms with Crippen LogP contribution in [0.1, 0.15) is 11.9 Å². The SMILES string of the molecule is [2H]C1NC([2H])([2H])CC1([2H])O. The lowest BCUT2D eigenvalue weighted by molar-refractivity contribution is 0.196. The van der Waals surface area contributed by atoms with Gasteiger partial charge in [0.25, 0.3) is 0 Å². The van der Waals surface area contributed by atoms with E-state index in [-0.39, 0.29) is 6.42 Å². The topological polar surface area (TPSA) is 32.3 Å². The molecule has 36 valence electrons. The van der Waals surface area contributed by atoms with Crippen molar-refractivity contribution in [1.29, 1.82) is 0 Å². The van der Waals surface area contributed by atoms with Crippen molar-refractivity contribution >= 4 is 0 Å². The van der Waals surface area contributed by atoms with E-state index in [1.165, 1.54) is 0 Å². The molecule has 0 aromatic heterocycles. The molecule has 1 aliphatic rings. The van der Waals surface area contributed by atoms with Crippen molar-refractivity contribution in [1.82, 2.24) is 5.32 Å². The molecule has 0 bridgehead atoms. The highest BCUT2D eigenvalue weighted by molar-refractivity contribution is 4.67. The molecule has 2 unspecified atom stereocenters. The molecule has 1 saturated heterocycles. The van der Waals surface area contributed by atoms with Crippen LogP contribution in [0.4, 0.5) is 0 Å². The van der Waals surface area contributed by atoms with Gasteiger partial charge in [-0.3, -0.25) is 0 Å². The Morgan fingerprint density at radius 2 is 3.00 bits per heavy atom. The second-order valence-electron chi connectivity index (χ2n) is 1.13. The second kappa shape index (κ2) is 1.58. The highest BCUT2D eigenvalue weighted by atomic mass is 16.3. The molecule has 2 heteroatoms. The van der Waals surface area contributed by atoms with Gasteiger partial charge in [0.05, 0.1) is 7.45 Å². The zero-order valence-electron chi connectivity index (χ0n) is 7.23. The lowest BCUT2D eigenvalue weighted by atomic mass is 10.3. The number of aliphatic hydroxyl groups is 1. The second-order valence-corrected chi connectivity index (χ2v) is 1.13. The Bertz CT molecular complexity index is 148. The number of β-amino-alcohol motifs (C(OH)–C–C–N with tert-alkyl or cyclic N) is 1. The summed E-state index contributed by atoms with van der Waals surface area (Å²) in [5.41, 5.74) is 0. The Hall–Kier alpha value is -0.0800. The Balaban J connectivity index is 2.71. The highest BCUT2D eigenvalue weighted by Gasteiger charge is 2.08. The molecule has 0 aromatic carbocycles. The van der Waals surface area contributed by atoms with Crippen LogP contribution < -0.4 is 5.32 Å². The fourth-order valence-electron chi connectivity index (χ4n) is 0.327. The summed E-state index contributed by atoms with van der Waals surface area (Å²) in [6, 6.07) is 0. The van der Waals surface area contributed by atoms with E-state index in [1.807, 2.05) is 0 Å². The van der Waals surface area contributed by atoms with Gasteiger partial charge in [-0.05, 0) is 12.9 Å². The molecule has 1 aliphatic heterocycles. The average molecular weight is 91.1 g/mol. The maximum atomic E-state index is 8.98. The standard InChI is InChI=1S/C4H9NO/c6-4-1-2-5-3-4/h4-6H,1-3H2/i2D2,3D,4D. The van der Waals surface area contributed by atoms with Crippen molar-refractivity contribution in [2.75, 3.05) is 13.0 Å². The van der Waals surface area contributed by atoms with Gasteiger partial charge in [0, 0.05) is 10.6 Å². The van der Waals surface area contributed by atoms with Gasteiger partial charge in [0.1, 0.15) is 0 Å². The van der Waals surface area contributed by atoms with E-state index in [0.717, 1.165) is 0 Å². The van der Waals surface area contributed by atoms with Crippen LogP contribution in [0.25, 0.3) is 0 Å². The van der Waals surface area contributed by atoms with Gasteiger partial charge < -0.3 is 10.4 Å². The smallest absolute Gasteiger partial charge is 0.0676 e. The van der Waals surface area contributed by atoms with Crippen LogP contribution in [0.5, 0.6) is 0 Å². The van der Waals surface area contributed by atoms with Crippen LogP contribution in [-0.4, -0.2) is 24.2 Å². The largest absolute Gasteiger partial charge is 0.392 e. The van der Waals surface area contributed by atoms with E-state index in [1.54, 1.807) is 0 Å². The summed E-state index contributed by atoms with van der Waals surface area (Å²) >= 11 is 0. The number of nitrogens with one attached hydrogen (secondary N) is 1. The quantitative estimate of drug-likeness (QED) is 0.415. The summed E-state index contributed by atoms with van der Waals surface area (Å²) in [7, 11) is 0. The first kappa shape index (κ1) is 1.46. The average Bonchev–Trinajstić information content (AvgIpc) is 1.73. The fraction of sp³-hybridized carbons (Fsp3) is 1.00. The third kappa shape index (κ3) is 0.698. The molecular weight excluding hydrogens is 78.0 g/mol. The molecule has 2 N–H and O–H groups in total. The minimum Gasteiger partial charge on any atom is -0.392 e. The maximum Gasteiger partial charge on any atom is 0.0676 e. The van der Waals surface area contributed by atoms with E-state index in [9.17, 15) is 0 Å². The molecule has 0 aliphatic carbocycles. The van der Waals surface area contributed by atoms with Crippen LogP contribution >= 0.6 is 0 Å². The summed E-state index contributed by atoms with van der Waals surface area (Å²) < 4.78 is 28.1. The maximum absolute atomic E-state index is 8.98. The summed E-state index contributed by atoms with van der Waals surface area (Å²) in [6.07, 6.45) is -2.34. The first-order valence-electron chi connectivity index (χ1n) is 3.84. The zero-order valence-corrected chi connectivity index (χ0v) is 3.23. The molecule has 1 heterocycles. The lowest BCUT2D eigenvalue weighted by Gasteiger charge is -1.90. The van der Waals surface area contributed by atoms with Crippen molar-refractivity contribution < 1.29 is 10.6 Å². The first-order chi connectivity index (χ1) is 4.33. The molecule has 0 amide bonds. The van der Waals surface area contributed by atoms with E-state index in [0.29, 0.717) is 0 Å². The Labute approximate surface area is 42.8 Å². The van der Waals surface area contributed by atoms with Crippen molar-refractivity contribution in [2.24, 2.45) is 0 Å². The summed E-state index contributed by atoms with van der Waals surface area (Å²) in [5, 5.41) is 11.1. The zero-order chi connectivity index (χ0) is 7.99. The van der Waals surface area contributed by atoms with Crippen molar-refractivity contribution in [2.45, 2.75) is 12.5 Å². The third-order valence-corrected chi connectivity index (χ3v) is 0.610. The Morgan fingerprint density at radius 3 is 3.17 bits per heavy atom. The molecule has 2 atom stereocenters. The van der Waals surface area contributed by atoms with Gasteiger partial charge >= 0.3 is 0 Å². The van der Waals surface area contributed by atoms with Gasteiger partial charge in [-0.25, -0.2) is 0 Å². The summed E-state index contributed by atoms with van der Waals surface area (Å²) in [4.78, 5) is 0. The molecule has 1 fully saturated rings. The predicted octanol–water partition coefficient (Wildman–Crippen LogP) is -0.659. The Morgan fingerprint density at radius 1 is 2.17 bits per heavy atom. The van der Waals surface area contributed by atoms with Gasteiger partial charge in [0.15, 0.2) is 0 Å². The monoisotopic (exact) mass is 91.1 g/mol. The van der Waals surface area contributed by atoms with Crippen molar-refractivity contribution in [3.63, 3.8) is 0 Å². The van der Waals surface area contributed by atoms with Crippen LogP contribution in [-0.2, 0) is 0 Å². The van der Waals surface area contributed by atoms with Crippen molar-refractivity contribution in [3.8, 4) is 0 Å². The third-order valence-electron chi connectivity index (χ3n) is 0.610. The molecular formula is C4H9NO. The van der Waals surface area contributed by atoms with Crippen LogP contribution in [0, 0.1) is 0 Å². The number of rotatable bonds is 0. The lowest BCUT2D eigenvalue weighted by Crippen LogP contribution is -2.11. The molecule has 2 nitrogen and oxygen atoms in total. The number of hydrogen-bond acceptors (Lipinski definition) is 2. The van der Waals surface area contributed by atoms with Gasteiger partial charge in [0.2, 0.25) is 0 Å². The van der Waals surface area contributed by atoms with E-state index >= 15 is 0 Å². The molecule has 6 heavy (non-hydrogen) atoms. The normalized spacial score (nSPS) is 77.2. The van der Waals surface area contributed by atoms with Crippen LogP contribution in [0.15, 0.2) is 0 Å². The minimum absolute atomic E-state index is 0.353. The molecule has 1 rings (SSSR count). The summed E-state index contributed by atoms with van der Waals surface area (Å²) in [5.74, 6) is 0. The summed E-state index contributed by atoms with van der Waals surface area (Å²) in [6.45, 7) is -3.02. The van der Waals surface area contributed by atoms with E-state index in [2.05, 4.69) is 5.32 Å². The Kier molecular flexibility index (Phi) is 0.383. The van der Waals surface area contributed by atoms with Crippen LogP contribution in [0.3, 0.4) is 0 Å². The first-order valence-corrected chi connectivity index (χ1v) is 1.76. The molecule has 0 aromatic rings. The van der Waals surface area contributed by atoms with Crippen molar-refractivity contribution in [3.05, 3.63) is 0 Å². The van der Waals surface area contributed by atoms with E-state index < -0.39 is 19.1 Å². The van der Waals surface area contributed by atoms with Crippen LogP contribution in [0.2, 0.25) is 0 Å². The van der Waals surface area contributed by atoms with Gasteiger partial charge in [-0.2, -0.15) is 0 Å². The minimum atomic E-state index is -1.98. The van der Waals surface area contributed by atoms with Gasteiger partial charge in [-0.1, -0.05) is 0 Å². The van der Waals surface area contributed by atoms with E-state index in [4.69, 9.17) is 10.6 Å². The number of hydrogen-bond donors (Lipinski definition) is 2. The fourth-order valence-corrected chi connectivity index (χ4v) is 0.327. The molecule has 0 saturated carbocycles. The van der Waals surface area contributed by atoms with Gasteiger partial charge in [-0.15, -0.1) is 0 Å². The highest BCUT2D eigenvalue weighted by Crippen LogP contribution is 1.93. The molecule has 0 spiro atoms.